The van der Waals surface area contributed by atoms with Crippen molar-refractivity contribution in [3.8, 4) is 11.8 Å². The minimum absolute atomic E-state index is 0.212. The number of halogens is 2. The number of nitrogens with one attached hydrogen (secondary N) is 2. The van der Waals surface area contributed by atoms with Crippen LogP contribution in [0.5, 0.6) is 5.75 Å². The summed E-state index contributed by atoms with van der Waals surface area (Å²) < 4.78 is 24.1. The molecular weight excluding hydrogens is 791 g/mol. The summed E-state index contributed by atoms with van der Waals surface area (Å²) in [6, 6.07) is 17.3. The van der Waals surface area contributed by atoms with Crippen molar-refractivity contribution in [2.75, 3.05) is 49.1 Å². The smallest absolute Gasteiger partial charge is 0.328 e. The van der Waals surface area contributed by atoms with Crippen LogP contribution in [0.3, 0.4) is 0 Å². The summed E-state index contributed by atoms with van der Waals surface area (Å²) in [5.74, 6) is 0.0607. The first-order chi connectivity index (χ1) is 28.7. The molecule has 0 radical (unpaired) electrons. The quantitative estimate of drug-likeness (QED) is 0.156. The van der Waals surface area contributed by atoms with Gasteiger partial charge in [-0.25, -0.2) is 9.18 Å². The Hall–Kier alpha value is -5.72. The summed E-state index contributed by atoms with van der Waals surface area (Å²) in [4.78, 5) is 52.3. The molecule has 0 bridgehead atoms. The molecule has 3 N–H and O–H groups in total. The minimum atomic E-state index is -0.437. The molecule has 4 fully saturated rings. The number of benzene rings is 3. The van der Waals surface area contributed by atoms with Crippen LogP contribution in [0.4, 0.5) is 20.6 Å². The number of imide groups is 1. The van der Waals surface area contributed by atoms with Gasteiger partial charge in [-0.05, 0) is 67.6 Å². The minimum Gasteiger partial charge on any atom is -0.489 e. The van der Waals surface area contributed by atoms with E-state index < -0.39 is 22.7 Å². The van der Waals surface area contributed by atoms with E-state index in [2.05, 4.69) is 31.2 Å². The van der Waals surface area contributed by atoms with E-state index in [1.54, 1.807) is 35.2 Å². The third-order valence-electron chi connectivity index (χ3n) is 12.7. The largest absolute Gasteiger partial charge is 0.489 e. The van der Waals surface area contributed by atoms with E-state index in [1.807, 2.05) is 52.1 Å². The van der Waals surface area contributed by atoms with Crippen LogP contribution in [0.1, 0.15) is 75.3 Å². The van der Waals surface area contributed by atoms with Gasteiger partial charge in [0.2, 0.25) is 5.91 Å². The lowest BCUT2D eigenvalue weighted by Gasteiger charge is -2.63. The van der Waals surface area contributed by atoms with E-state index in [-0.39, 0.29) is 48.5 Å². The molecule has 0 unspecified atom stereocenters. The number of aromatic nitrogens is 2. The molecule has 316 valence electrons. The molecule has 1 aliphatic carbocycles. The molecule has 4 aliphatic rings. The topological polar surface area (TPSA) is 173 Å². The number of carbonyl (C=O) groups is 4. The average molecular weight is 841 g/mol. The summed E-state index contributed by atoms with van der Waals surface area (Å²) in [5, 5.41) is 27.7. The number of carboxylic acid groups (broad SMARTS) is 1. The second kappa shape index (κ2) is 17.1. The Kier molecular flexibility index (Phi) is 12.1. The number of urea groups is 1. The van der Waals surface area contributed by atoms with Crippen LogP contribution in [0, 0.1) is 33.9 Å². The number of rotatable bonds is 9. The monoisotopic (exact) mass is 840 g/mol. The van der Waals surface area contributed by atoms with Crippen LogP contribution in [-0.2, 0) is 9.59 Å². The number of amides is 4. The van der Waals surface area contributed by atoms with Crippen molar-refractivity contribution in [3.63, 3.8) is 0 Å². The van der Waals surface area contributed by atoms with Crippen LogP contribution in [0.25, 0.3) is 10.9 Å². The summed E-state index contributed by atoms with van der Waals surface area (Å²) in [6.07, 6.45) is 4.71. The number of likely N-dealkylation sites (tertiary alicyclic amines) is 1. The molecule has 16 heteroatoms. The van der Waals surface area contributed by atoms with Crippen molar-refractivity contribution in [3.05, 3.63) is 82.8 Å². The Bertz CT molecular complexity index is 2320. The first-order valence-electron chi connectivity index (χ1n) is 20.3. The first-order valence-corrected chi connectivity index (χ1v) is 20.6. The number of hydrogen-bond donors (Lipinski definition) is 3. The third kappa shape index (κ3) is 8.23. The predicted octanol–water partition coefficient (Wildman–Crippen LogP) is 6.62. The number of carbonyl (C=O) groups excluding carboxylic acids is 3. The lowest BCUT2D eigenvalue weighted by Crippen LogP contribution is -2.74. The number of piperidine rings is 1. The fraction of sp³-hybridized carbons (Fsp3) is 0.455. The van der Waals surface area contributed by atoms with Crippen molar-refractivity contribution < 1.29 is 33.4 Å². The number of anilines is 2. The van der Waals surface area contributed by atoms with Gasteiger partial charge < -0.3 is 25.0 Å². The number of fused-ring (bicyclic) bond motifs is 1. The molecule has 3 aromatic carbocycles. The molecule has 8 rings (SSSR count). The van der Waals surface area contributed by atoms with Crippen LogP contribution >= 0.6 is 11.6 Å². The zero-order chi connectivity index (χ0) is 42.9. The molecule has 60 heavy (non-hydrogen) atoms. The van der Waals surface area contributed by atoms with Crippen LogP contribution < -0.4 is 25.2 Å². The normalized spacial score (nSPS) is 22.6. The first kappa shape index (κ1) is 42.4. The van der Waals surface area contributed by atoms with E-state index in [0.29, 0.717) is 34.5 Å². The molecule has 4 heterocycles. The van der Waals surface area contributed by atoms with Gasteiger partial charge in [-0.2, -0.15) is 10.4 Å². The Morgan fingerprint density at radius 3 is 2.45 bits per heavy atom. The van der Waals surface area contributed by atoms with Gasteiger partial charge in [-0.3, -0.25) is 29.3 Å². The summed E-state index contributed by atoms with van der Waals surface area (Å²) in [7, 11) is 0. The highest BCUT2D eigenvalue weighted by molar-refractivity contribution is 6.31. The molecule has 1 atom stereocenters. The third-order valence-corrected chi connectivity index (χ3v) is 13.0. The van der Waals surface area contributed by atoms with E-state index in [9.17, 15) is 19.6 Å². The second-order valence-corrected chi connectivity index (χ2v) is 17.7. The zero-order valence-electron chi connectivity index (χ0n) is 34.2. The lowest BCUT2D eigenvalue weighted by molar-refractivity contribution is -0.164. The Labute approximate surface area is 353 Å². The maximum Gasteiger partial charge on any atom is 0.328 e. The highest BCUT2D eigenvalue weighted by Crippen LogP contribution is 2.55. The molecule has 3 saturated heterocycles. The molecule has 3 aliphatic heterocycles. The van der Waals surface area contributed by atoms with Crippen LogP contribution in [0.15, 0.2) is 60.8 Å². The van der Waals surface area contributed by atoms with Crippen LogP contribution in [0.2, 0.25) is 5.02 Å². The van der Waals surface area contributed by atoms with Crippen molar-refractivity contribution in [2.45, 2.75) is 71.6 Å². The highest BCUT2D eigenvalue weighted by atomic mass is 35.5. The van der Waals surface area contributed by atoms with Gasteiger partial charge in [-0.1, -0.05) is 45.4 Å². The van der Waals surface area contributed by atoms with Gasteiger partial charge in [0.15, 0.2) is 0 Å². The summed E-state index contributed by atoms with van der Waals surface area (Å²) >= 11 is 6.24. The maximum atomic E-state index is 15.7. The number of nitriles is 1. The fourth-order valence-corrected chi connectivity index (χ4v) is 10.2. The molecule has 0 spiro atoms. The van der Waals surface area contributed by atoms with Crippen molar-refractivity contribution >= 4 is 58.2 Å². The fourth-order valence-electron chi connectivity index (χ4n) is 9.99. The van der Waals surface area contributed by atoms with Crippen LogP contribution in [-0.4, -0.2) is 95.5 Å². The summed E-state index contributed by atoms with van der Waals surface area (Å²) in [6.45, 7) is 12.5. The van der Waals surface area contributed by atoms with Gasteiger partial charge in [0.05, 0.1) is 39.7 Å². The Morgan fingerprint density at radius 2 is 1.78 bits per heavy atom. The molecule has 4 amide bonds. The van der Waals surface area contributed by atoms with E-state index in [4.69, 9.17) is 31.3 Å². The highest BCUT2D eigenvalue weighted by Gasteiger charge is 2.64. The maximum absolute atomic E-state index is 15.7. The Balaban J connectivity index is 0.00000176. The van der Waals surface area contributed by atoms with Gasteiger partial charge in [0, 0.05) is 79.6 Å². The Morgan fingerprint density at radius 1 is 1.05 bits per heavy atom. The molecule has 14 nitrogen and oxygen atoms in total. The number of nitrogens with zero attached hydrogens (tertiary/aromatic N) is 6. The molecule has 4 aromatic rings. The number of hydrogen-bond acceptors (Lipinski definition) is 9. The van der Waals surface area contributed by atoms with Gasteiger partial charge in [-0.15, -0.1) is 0 Å². The van der Waals surface area contributed by atoms with Gasteiger partial charge in [0.1, 0.15) is 23.7 Å². The molecule has 1 saturated carbocycles. The standard InChI is InChI=1S/C43H48ClFN8O4.CH2O2/c1-42(2)39(43(3,4)40(42)57-30-10-8-28(22-46)32(44)21-30)49-38(55)27-9-11-36(33(45)20-27)51-17-12-26(13-18-51)24-50-16-14-29(25-50)53-35-7-5-6-34(31(35)23-47-53)52-19-15-37(54)48-41(52)56;2-1-3/h5-11,20-21,23,26,29,39-40H,12-19,24-25H2,1-4H3,(H,49,55)(H,48,54,56);1H,(H,2,3)/t29-,39?,40?;/m0./s1. The number of ether oxygens (including phenoxy) is 1. The zero-order valence-corrected chi connectivity index (χ0v) is 34.9. The van der Waals surface area contributed by atoms with E-state index >= 15 is 4.39 Å². The van der Waals surface area contributed by atoms with Crippen molar-refractivity contribution in [2.24, 2.45) is 16.7 Å². The average Bonchev–Trinajstić information content (AvgIpc) is 3.87. The van der Waals surface area contributed by atoms with E-state index in [1.165, 1.54) is 6.07 Å². The van der Waals surface area contributed by atoms with Crippen molar-refractivity contribution in [1.29, 1.82) is 5.26 Å². The molecule has 1 aromatic heterocycles. The van der Waals surface area contributed by atoms with Crippen molar-refractivity contribution in [1.82, 2.24) is 25.3 Å². The predicted molar refractivity (Wildman–Crippen MR) is 225 cm³/mol. The summed E-state index contributed by atoms with van der Waals surface area (Å²) in [5.41, 5.74) is 2.03. The SMILES string of the molecule is CC1(C)C(NC(=O)c2ccc(N3CCC(CN4CC[C@H](n5ncc6c(N7CCC(=O)NC7=O)cccc65)C4)CC3)c(F)c2)C(C)(C)C1Oc1ccc(C#N)c(Cl)c1.O=CO. The van der Waals surface area contributed by atoms with Gasteiger partial charge >= 0.3 is 6.03 Å². The molecular formula is C44H50ClFN8O6. The van der Waals surface area contributed by atoms with Gasteiger partial charge in [0.25, 0.3) is 12.4 Å². The second-order valence-electron chi connectivity index (χ2n) is 17.3. The van der Waals surface area contributed by atoms with E-state index in [0.717, 1.165) is 68.6 Å². The lowest BCUT2D eigenvalue weighted by atomic mass is 9.49.